The first-order chi connectivity index (χ1) is 15.1. The number of anilines is 1. The second-order valence-corrected chi connectivity index (χ2v) is 8.43. The minimum atomic E-state index is -0.554. The zero-order valence-electron chi connectivity index (χ0n) is 17.7. The molecule has 5 rings (SSSR count). The van der Waals surface area contributed by atoms with Gasteiger partial charge < -0.3 is 19.0 Å². The van der Waals surface area contributed by atoms with Crippen molar-refractivity contribution in [1.29, 1.82) is 0 Å². The lowest BCUT2D eigenvalue weighted by Gasteiger charge is -2.38. The van der Waals surface area contributed by atoms with Gasteiger partial charge in [-0.25, -0.2) is 4.79 Å². The SMILES string of the molecule is Cc1ccc2c(CN3CC(C(=O)N4CCCCC4)Oc4ccccc43)cc(=O)oc2c1. The predicted octanol–water partition coefficient (Wildman–Crippen LogP) is 3.88. The van der Waals surface area contributed by atoms with E-state index in [1.165, 1.54) is 6.42 Å². The number of piperidine rings is 1. The summed E-state index contributed by atoms with van der Waals surface area (Å²) in [6, 6.07) is 15.2. The number of para-hydroxylation sites is 2. The largest absolute Gasteiger partial charge is 0.477 e. The topological polar surface area (TPSA) is 63.0 Å². The monoisotopic (exact) mass is 418 g/mol. The van der Waals surface area contributed by atoms with E-state index in [-0.39, 0.29) is 11.5 Å². The number of likely N-dealkylation sites (tertiary alicyclic amines) is 1. The average Bonchev–Trinajstić information content (AvgIpc) is 2.78. The Hall–Kier alpha value is -3.28. The quantitative estimate of drug-likeness (QED) is 0.604. The minimum Gasteiger partial charge on any atom is -0.477 e. The van der Waals surface area contributed by atoms with Crippen molar-refractivity contribution in [3.05, 3.63) is 70.1 Å². The number of amides is 1. The molecule has 2 aromatic carbocycles. The lowest BCUT2D eigenvalue weighted by molar-refractivity contribution is -0.139. The van der Waals surface area contributed by atoms with Crippen molar-refractivity contribution in [3.8, 4) is 5.75 Å². The maximum atomic E-state index is 13.2. The summed E-state index contributed by atoms with van der Waals surface area (Å²) in [6.45, 7) is 4.50. The van der Waals surface area contributed by atoms with Crippen molar-refractivity contribution in [2.75, 3.05) is 24.5 Å². The van der Waals surface area contributed by atoms with Crippen LogP contribution >= 0.6 is 0 Å². The fourth-order valence-electron chi connectivity index (χ4n) is 4.58. The van der Waals surface area contributed by atoms with Crippen molar-refractivity contribution in [2.24, 2.45) is 0 Å². The van der Waals surface area contributed by atoms with Crippen LogP contribution in [0.15, 0.2) is 57.7 Å². The van der Waals surface area contributed by atoms with E-state index < -0.39 is 6.10 Å². The third-order valence-corrected chi connectivity index (χ3v) is 6.15. The summed E-state index contributed by atoms with van der Waals surface area (Å²) < 4.78 is 11.5. The number of hydrogen-bond acceptors (Lipinski definition) is 5. The molecule has 1 unspecified atom stereocenters. The molecule has 2 aliphatic heterocycles. The smallest absolute Gasteiger partial charge is 0.336 e. The Bertz CT molecular complexity index is 1180. The van der Waals surface area contributed by atoms with Gasteiger partial charge in [-0.3, -0.25) is 4.79 Å². The summed E-state index contributed by atoms with van der Waals surface area (Å²) in [6.07, 6.45) is 2.71. The first kappa shape index (κ1) is 19.7. The van der Waals surface area contributed by atoms with E-state index in [1.54, 1.807) is 6.07 Å². The van der Waals surface area contributed by atoms with E-state index in [0.29, 0.717) is 24.4 Å². The minimum absolute atomic E-state index is 0.0484. The Balaban J connectivity index is 1.49. The van der Waals surface area contributed by atoms with Gasteiger partial charge in [0.1, 0.15) is 11.3 Å². The molecule has 31 heavy (non-hydrogen) atoms. The van der Waals surface area contributed by atoms with Crippen LogP contribution in [-0.2, 0) is 11.3 Å². The van der Waals surface area contributed by atoms with E-state index in [2.05, 4.69) is 4.90 Å². The summed E-state index contributed by atoms with van der Waals surface area (Å²) >= 11 is 0. The van der Waals surface area contributed by atoms with Gasteiger partial charge in [0.2, 0.25) is 0 Å². The summed E-state index contributed by atoms with van der Waals surface area (Å²) in [7, 11) is 0. The molecule has 1 saturated heterocycles. The van der Waals surface area contributed by atoms with Gasteiger partial charge in [-0.05, 0) is 55.5 Å². The van der Waals surface area contributed by atoms with Gasteiger partial charge in [0.05, 0.1) is 12.2 Å². The Morgan fingerprint density at radius 2 is 1.87 bits per heavy atom. The normalized spacial score (nSPS) is 18.5. The molecule has 1 atom stereocenters. The van der Waals surface area contributed by atoms with Gasteiger partial charge in [-0.15, -0.1) is 0 Å². The molecule has 0 bridgehead atoms. The van der Waals surface area contributed by atoms with Gasteiger partial charge >= 0.3 is 5.63 Å². The van der Waals surface area contributed by atoms with E-state index in [9.17, 15) is 9.59 Å². The van der Waals surface area contributed by atoms with Gasteiger partial charge in [-0.1, -0.05) is 24.3 Å². The number of fused-ring (bicyclic) bond motifs is 2. The highest BCUT2D eigenvalue weighted by Gasteiger charge is 2.34. The fraction of sp³-hybridized carbons (Fsp3) is 0.360. The van der Waals surface area contributed by atoms with Crippen LogP contribution in [0, 0.1) is 6.92 Å². The Morgan fingerprint density at radius 1 is 1.06 bits per heavy atom. The van der Waals surface area contributed by atoms with E-state index in [4.69, 9.17) is 9.15 Å². The number of hydrogen-bond donors (Lipinski definition) is 0. The molecule has 160 valence electrons. The van der Waals surface area contributed by atoms with Crippen LogP contribution in [0.1, 0.15) is 30.4 Å². The van der Waals surface area contributed by atoms with Gasteiger partial charge in [0.15, 0.2) is 6.10 Å². The predicted molar refractivity (Wildman–Crippen MR) is 120 cm³/mol. The van der Waals surface area contributed by atoms with Crippen LogP contribution in [0.2, 0.25) is 0 Å². The zero-order chi connectivity index (χ0) is 21.4. The zero-order valence-corrected chi connectivity index (χ0v) is 17.7. The fourth-order valence-corrected chi connectivity index (χ4v) is 4.58. The van der Waals surface area contributed by atoms with Crippen LogP contribution in [0.5, 0.6) is 5.75 Å². The number of rotatable bonds is 3. The summed E-state index contributed by atoms with van der Waals surface area (Å²) in [5.74, 6) is 0.750. The summed E-state index contributed by atoms with van der Waals surface area (Å²) in [4.78, 5) is 29.4. The molecular weight excluding hydrogens is 392 g/mol. The number of benzene rings is 2. The van der Waals surface area contributed by atoms with Crippen LogP contribution < -0.4 is 15.3 Å². The molecule has 6 heteroatoms. The van der Waals surface area contributed by atoms with Crippen LogP contribution in [-0.4, -0.2) is 36.5 Å². The summed E-state index contributed by atoms with van der Waals surface area (Å²) in [5.41, 5.74) is 3.07. The number of carbonyl (C=O) groups excluding carboxylic acids is 1. The molecule has 3 heterocycles. The second-order valence-electron chi connectivity index (χ2n) is 8.43. The Morgan fingerprint density at radius 3 is 2.71 bits per heavy atom. The molecule has 3 aromatic rings. The molecule has 0 N–H and O–H groups in total. The van der Waals surface area contributed by atoms with Gasteiger partial charge in [0, 0.05) is 31.1 Å². The molecule has 1 amide bonds. The van der Waals surface area contributed by atoms with E-state index in [0.717, 1.165) is 48.1 Å². The van der Waals surface area contributed by atoms with E-state index >= 15 is 0 Å². The van der Waals surface area contributed by atoms with Gasteiger partial charge in [-0.2, -0.15) is 0 Å². The number of ether oxygens (including phenoxy) is 1. The van der Waals surface area contributed by atoms with Crippen molar-refractivity contribution in [3.63, 3.8) is 0 Å². The lowest BCUT2D eigenvalue weighted by Crippen LogP contribution is -2.51. The van der Waals surface area contributed by atoms with Crippen molar-refractivity contribution < 1.29 is 13.9 Å². The Labute approximate surface area is 181 Å². The van der Waals surface area contributed by atoms with Crippen LogP contribution in [0.25, 0.3) is 11.0 Å². The highest BCUT2D eigenvalue weighted by atomic mass is 16.5. The van der Waals surface area contributed by atoms with Crippen molar-refractivity contribution in [2.45, 2.75) is 38.8 Å². The third kappa shape index (κ3) is 3.90. The molecule has 0 radical (unpaired) electrons. The molecule has 0 aliphatic carbocycles. The average molecular weight is 418 g/mol. The molecule has 2 aliphatic rings. The first-order valence-corrected chi connectivity index (χ1v) is 10.9. The first-order valence-electron chi connectivity index (χ1n) is 10.9. The maximum Gasteiger partial charge on any atom is 0.336 e. The molecule has 6 nitrogen and oxygen atoms in total. The Kier molecular flexibility index (Phi) is 5.14. The number of nitrogens with zero attached hydrogens (tertiary/aromatic N) is 2. The molecule has 1 fully saturated rings. The lowest BCUT2D eigenvalue weighted by atomic mass is 10.1. The number of aryl methyl sites for hydroxylation is 1. The third-order valence-electron chi connectivity index (χ3n) is 6.15. The summed E-state index contributed by atoms with van der Waals surface area (Å²) in [5, 5.41) is 0.910. The highest BCUT2D eigenvalue weighted by molar-refractivity contribution is 5.84. The highest BCUT2D eigenvalue weighted by Crippen LogP contribution is 2.35. The van der Waals surface area contributed by atoms with Crippen LogP contribution in [0.3, 0.4) is 0 Å². The molecule has 0 saturated carbocycles. The molecular formula is C25H26N2O4. The standard InChI is InChI=1S/C25H26N2O4/c1-17-9-10-19-18(14-24(28)31-22(19)13-17)15-27-16-23(25(29)26-11-5-2-6-12-26)30-21-8-4-3-7-20(21)27/h3-4,7-10,13-14,23H,2,5-6,11-12,15-16H2,1H3. The maximum absolute atomic E-state index is 13.2. The van der Waals surface area contributed by atoms with Crippen molar-refractivity contribution >= 4 is 22.6 Å². The van der Waals surface area contributed by atoms with Crippen LogP contribution in [0.4, 0.5) is 5.69 Å². The second kappa shape index (κ2) is 8.10. The molecule has 0 spiro atoms. The van der Waals surface area contributed by atoms with E-state index in [1.807, 2.05) is 54.3 Å². The van der Waals surface area contributed by atoms with Gasteiger partial charge in [0.25, 0.3) is 5.91 Å². The number of carbonyl (C=O) groups is 1. The van der Waals surface area contributed by atoms with Crippen molar-refractivity contribution in [1.82, 2.24) is 4.90 Å². The molecule has 1 aromatic heterocycles.